The Hall–Kier alpha value is -2.93. The van der Waals surface area contributed by atoms with Gasteiger partial charge in [-0.3, -0.25) is 14.6 Å². The van der Waals surface area contributed by atoms with Gasteiger partial charge in [-0.05, 0) is 55.0 Å². The first-order valence-electron chi connectivity index (χ1n) is 6.81. The fraction of sp³-hybridized carbons (Fsp3) is 0.0625. The molecule has 0 saturated heterocycles. The molecule has 6 nitrogen and oxygen atoms in total. The van der Waals surface area contributed by atoms with Gasteiger partial charge < -0.3 is 15.4 Å². The number of H-pyrrole nitrogens is 2. The Kier molecular flexibility index (Phi) is 3.71. The first-order valence-corrected chi connectivity index (χ1v) is 7.22. The van der Waals surface area contributed by atoms with Crippen molar-refractivity contribution in [3.8, 4) is 5.75 Å². The molecule has 116 valence electrons. The smallest absolute Gasteiger partial charge is 0.259 e. The molecule has 0 atom stereocenters. The second kappa shape index (κ2) is 5.69. The van der Waals surface area contributed by atoms with E-state index < -0.39 is 5.91 Å². The minimum atomic E-state index is -0.396. The topological polar surface area (TPSA) is 98.0 Å². The largest absolute Gasteiger partial charge is 0.506 e. The molecule has 3 rings (SSSR count). The first kappa shape index (κ1) is 15.0. The fourth-order valence-electron chi connectivity index (χ4n) is 2.26. The quantitative estimate of drug-likeness (QED) is 0.430. The summed E-state index contributed by atoms with van der Waals surface area (Å²) < 4.78 is 0.191. The Morgan fingerprint density at radius 1 is 1.17 bits per heavy atom. The highest BCUT2D eigenvalue weighted by Crippen LogP contribution is 2.24. The lowest BCUT2D eigenvalue weighted by molar-refractivity contribution is 0.102. The Morgan fingerprint density at radius 3 is 2.74 bits per heavy atom. The molecule has 0 aliphatic heterocycles. The highest BCUT2D eigenvalue weighted by molar-refractivity contribution is 7.71. The minimum Gasteiger partial charge on any atom is -0.506 e. The van der Waals surface area contributed by atoms with Gasteiger partial charge in [0.25, 0.3) is 11.5 Å². The summed E-state index contributed by atoms with van der Waals surface area (Å²) in [6, 6.07) is 9.56. The summed E-state index contributed by atoms with van der Waals surface area (Å²) in [5, 5.41) is 12.9. The molecule has 0 fully saturated rings. The molecule has 0 aliphatic carbocycles. The van der Waals surface area contributed by atoms with Crippen molar-refractivity contribution in [3.63, 3.8) is 0 Å². The standard InChI is InChI=1S/C16H13N3O3S/c1-8-2-5-13(20)12(6-8)17-14(21)9-3-4-10-11(7-9)18-16(23)19-15(10)22/h2-7,20H,1H3,(H,17,21)(H2,18,19,22,23). The number of hydrogen-bond donors (Lipinski definition) is 4. The number of phenols is 1. The number of rotatable bonds is 2. The van der Waals surface area contributed by atoms with Crippen LogP contribution in [0.2, 0.25) is 0 Å². The van der Waals surface area contributed by atoms with Gasteiger partial charge in [-0.15, -0.1) is 0 Å². The number of carbonyl (C=O) groups excluding carboxylic acids is 1. The van der Waals surface area contributed by atoms with Gasteiger partial charge in [-0.1, -0.05) is 6.07 Å². The lowest BCUT2D eigenvalue weighted by Crippen LogP contribution is -2.13. The van der Waals surface area contributed by atoms with Crippen molar-refractivity contribution in [1.82, 2.24) is 9.97 Å². The van der Waals surface area contributed by atoms with E-state index in [-0.39, 0.29) is 16.1 Å². The molecular formula is C16H13N3O3S. The van der Waals surface area contributed by atoms with E-state index in [0.717, 1.165) is 5.56 Å². The molecular weight excluding hydrogens is 314 g/mol. The van der Waals surface area contributed by atoms with Crippen LogP contribution in [0.4, 0.5) is 5.69 Å². The van der Waals surface area contributed by atoms with Crippen LogP contribution in [0.5, 0.6) is 5.75 Å². The van der Waals surface area contributed by atoms with E-state index in [1.54, 1.807) is 24.3 Å². The number of carbonyl (C=O) groups is 1. The average Bonchev–Trinajstić information content (AvgIpc) is 2.50. The number of anilines is 1. The van der Waals surface area contributed by atoms with Gasteiger partial charge in [0.05, 0.1) is 16.6 Å². The molecule has 0 unspecified atom stereocenters. The van der Waals surface area contributed by atoms with Crippen LogP contribution in [-0.2, 0) is 0 Å². The molecule has 3 aromatic rings. The predicted molar refractivity (Wildman–Crippen MR) is 90.6 cm³/mol. The summed E-state index contributed by atoms with van der Waals surface area (Å²) in [4.78, 5) is 29.4. The normalized spacial score (nSPS) is 10.7. The van der Waals surface area contributed by atoms with Gasteiger partial charge >= 0.3 is 0 Å². The van der Waals surface area contributed by atoms with Crippen molar-refractivity contribution < 1.29 is 9.90 Å². The van der Waals surface area contributed by atoms with Crippen molar-refractivity contribution in [3.05, 3.63) is 62.6 Å². The van der Waals surface area contributed by atoms with Crippen LogP contribution in [-0.4, -0.2) is 21.0 Å². The van der Waals surface area contributed by atoms with Crippen LogP contribution in [0.3, 0.4) is 0 Å². The van der Waals surface area contributed by atoms with Crippen LogP contribution in [0.25, 0.3) is 10.9 Å². The van der Waals surface area contributed by atoms with E-state index in [0.29, 0.717) is 22.2 Å². The SMILES string of the molecule is Cc1ccc(O)c(NC(=O)c2ccc3c(=O)[nH]c(=S)[nH]c3c2)c1. The van der Waals surface area contributed by atoms with Gasteiger partial charge in [-0.25, -0.2) is 0 Å². The molecule has 23 heavy (non-hydrogen) atoms. The van der Waals surface area contributed by atoms with E-state index in [9.17, 15) is 14.7 Å². The molecule has 1 aromatic heterocycles. The minimum absolute atomic E-state index is 0.0133. The molecule has 0 aliphatic rings. The molecule has 0 saturated carbocycles. The zero-order valence-corrected chi connectivity index (χ0v) is 13.0. The summed E-state index contributed by atoms with van der Waals surface area (Å²) in [6.07, 6.45) is 0. The number of aromatic nitrogens is 2. The summed E-state index contributed by atoms with van der Waals surface area (Å²) in [5.74, 6) is -0.409. The Bertz CT molecular complexity index is 1040. The second-order valence-electron chi connectivity index (χ2n) is 5.14. The van der Waals surface area contributed by atoms with Gasteiger partial charge in [0.15, 0.2) is 4.77 Å². The zero-order valence-electron chi connectivity index (χ0n) is 12.1. The predicted octanol–water partition coefficient (Wildman–Crippen LogP) is 2.85. The summed E-state index contributed by atoms with van der Waals surface area (Å²) >= 11 is 4.93. The van der Waals surface area contributed by atoms with Crippen molar-refractivity contribution in [1.29, 1.82) is 0 Å². The van der Waals surface area contributed by atoms with Crippen molar-refractivity contribution in [2.75, 3.05) is 5.32 Å². The third-order valence-electron chi connectivity index (χ3n) is 3.40. The Labute approximate surface area is 135 Å². The lowest BCUT2D eigenvalue weighted by Gasteiger charge is -2.09. The Morgan fingerprint density at radius 2 is 1.96 bits per heavy atom. The molecule has 0 radical (unpaired) electrons. The van der Waals surface area contributed by atoms with E-state index in [4.69, 9.17) is 12.2 Å². The number of amides is 1. The monoisotopic (exact) mass is 327 g/mol. The van der Waals surface area contributed by atoms with Gasteiger partial charge in [0.2, 0.25) is 0 Å². The van der Waals surface area contributed by atoms with Crippen molar-refractivity contribution in [2.45, 2.75) is 6.92 Å². The maximum Gasteiger partial charge on any atom is 0.259 e. The number of nitrogens with one attached hydrogen (secondary N) is 3. The third kappa shape index (κ3) is 3.00. The van der Waals surface area contributed by atoms with Crippen molar-refractivity contribution >= 4 is 34.7 Å². The molecule has 7 heteroatoms. The Balaban J connectivity index is 1.99. The maximum atomic E-state index is 12.3. The highest BCUT2D eigenvalue weighted by atomic mass is 32.1. The van der Waals surface area contributed by atoms with Crippen LogP contribution in [0.1, 0.15) is 15.9 Å². The van der Waals surface area contributed by atoms with E-state index >= 15 is 0 Å². The highest BCUT2D eigenvalue weighted by Gasteiger charge is 2.11. The number of phenolic OH excluding ortho intramolecular Hbond substituents is 1. The molecule has 4 N–H and O–H groups in total. The fourth-order valence-corrected chi connectivity index (χ4v) is 2.46. The average molecular weight is 327 g/mol. The third-order valence-corrected chi connectivity index (χ3v) is 3.61. The van der Waals surface area contributed by atoms with Gasteiger partial charge in [0.1, 0.15) is 5.75 Å². The maximum absolute atomic E-state index is 12.3. The van der Waals surface area contributed by atoms with E-state index in [1.165, 1.54) is 12.1 Å². The first-order chi connectivity index (χ1) is 10.9. The molecule has 0 bridgehead atoms. The van der Waals surface area contributed by atoms with Gasteiger partial charge in [-0.2, -0.15) is 0 Å². The number of aryl methyl sites for hydroxylation is 1. The van der Waals surface area contributed by atoms with Crippen LogP contribution in [0, 0.1) is 11.7 Å². The number of benzene rings is 2. The molecule has 0 spiro atoms. The second-order valence-corrected chi connectivity index (χ2v) is 5.55. The van der Waals surface area contributed by atoms with E-state index in [1.807, 2.05) is 6.92 Å². The molecule has 2 aromatic carbocycles. The van der Waals surface area contributed by atoms with E-state index in [2.05, 4.69) is 15.3 Å². The summed E-state index contributed by atoms with van der Waals surface area (Å²) in [5.41, 5.74) is 1.74. The summed E-state index contributed by atoms with van der Waals surface area (Å²) in [7, 11) is 0. The number of fused-ring (bicyclic) bond motifs is 1. The van der Waals surface area contributed by atoms with Gasteiger partial charge in [0, 0.05) is 5.56 Å². The number of aromatic hydroxyl groups is 1. The van der Waals surface area contributed by atoms with Crippen molar-refractivity contribution in [2.24, 2.45) is 0 Å². The molecule has 1 heterocycles. The zero-order chi connectivity index (χ0) is 16.6. The summed E-state index contributed by atoms with van der Waals surface area (Å²) in [6.45, 7) is 1.86. The molecule has 1 amide bonds. The lowest BCUT2D eigenvalue weighted by atomic mass is 10.1. The van der Waals surface area contributed by atoms with Crippen LogP contribution >= 0.6 is 12.2 Å². The number of aromatic amines is 2. The number of hydrogen-bond acceptors (Lipinski definition) is 4. The van der Waals surface area contributed by atoms with Crippen LogP contribution < -0.4 is 10.9 Å². The van der Waals surface area contributed by atoms with Crippen LogP contribution in [0.15, 0.2) is 41.2 Å².